The summed E-state index contributed by atoms with van der Waals surface area (Å²) in [6.07, 6.45) is 3.43. The summed E-state index contributed by atoms with van der Waals surface area (Å²) in [4.78, 5) is 4.60. The Bertz CT molecular complexity index is 708. The van der Waals surface area contributed by atoms with Crippen molar-refractivity contribution in [1.29, 1.82) is 0 Å². The molecule has 0 amide bonds. The summed E-state index contributed by atoms with van der Waals surface area (Å²) in [6.45, 7) is 1.05. The van der Waals surface area contributed by atoms with E-state index < -0.39 is 10.0 Å². The Balaban J connectivity index is 1.74. The van der Waals surface area contributed by atoms with E-state index in [1.165, 1.54) is 6.07 Å². The molecular formula is C14H15ClN2O2S2. The number of rotatable bonds is 3. The predicted molar refractivity (Wildman–Crippen MR) is 84.3 cm³/mol. The van der Waals surface area contributed by atoms with E-state index in [1.807, 2.05) is 5.38 Å². The summed E-state index contributed by atoms with van der Waals surface area (Å²) in [5, 5.41) is 3.51. The Hall–Kier alpha value is -0.950. The fraction of sp³-hybridized carbons (Fsp3) is 0.357. The molecule has 2 aromatic rings. The molecule has 0 bridgehead atoms. The van der Waals surface area contributed by atoms with Crippen LogP contribution >= 0.6 is 22.9 Å². The van der Waals surface area contributed by atoms with Crippen molar-refractivity contribution in [2.75, 3.05) is 13.1 Å². The molecule has 1 aliphatic rings. The SMILES string of the molecule is O=S(=O)(c1cccc(Cl)c1)N1CCC(c2nccs2)CC1. The van der Waals surface area contributed by atoms with E-state index in [-0.39, 0.29) is 4.90 Å². The Morgan fingerprint density at radius 2 is 2.05 bits per heavy atom. The summed E-state index contributed by atoms with van der Waals surface area (Å²) in [7, 11) is -3.44. The van der Waals surface area contributed by atoms with Crippen molar-refractivity contribution < 1.29 is 8.42 Å². The number of aromatic nitrogens is 1. The lowest BCUT2D eigenvalue weighted by Crippen LogP contribution is -2.37. The van der Waals surface area contributed by atoms with E-state index in [4.69, 9.17) is 11.6 Å². The predicted octanol–water partition coefficient (Wildman–Crippen LogP) is 3.36. The van der Waals surface area contributed by atoms with Gasteiger partial charge in [-0.25, -0.2) is 13.4 Å². The van der Waals surface area contributed by atoms with Crippen molar-refractivity contribution in [3.63, 3.8) is 0 Å². The summed E-state index contributed by atoms with van der Waals surface area (Å²) < 4.78 is 26.7. The van der Waals surface area contributed by atoms with Crippen LogP contribution in [0.2, 0.25) is 5.02 Å². The maximum absolute atomic E-state index is 12.6. The first-order valence-corrected chi connectivity index (χ1v) is 9.42. The third kappa shape index (κ3) is 3.13. The molecule has 1 aromatic carbocycles. The first kappa shape index (κ1) is 15.0. The minimum Gasteiger partial charge on any atom is -0.249 e. The minimum absolute atomic E-state index is 0.266. The van der Waals surface area contributed by atoms with E-state index in [2.05, 4.69) is 4.98 Å². The van der Waals surface area contributed by atoms with Gasteiger partial charge in [0.2, 0.25) is 10.0 Å². The van der Waals surface area contributed by atoms with Crippen LogP contribution < -0.4 is 0 Å². The lowest BCUT2D eigenvalue weighted by atomic mass is 9.99. The molecule has 0 atom stereocenters. The van der Waals surface area contributed by atoms with Crippen LogP contribution in [0.1, 0.15) is 23.8 Å². The van der Waals surface area contributed by atoms with Crippen LogP contribution in [-0.2, 0) is 10.0 Å². The van der Waals surface area contributed by atoms with Gasteiger partial charge in [0.1, 0.15) is 0 Å². The molecule has 0 spiro atoms. The Morgan fingerprint density at radius 3 is 2.67 bits per heavy atom. The quantitative estimate of drug-likeness (QED) is 0.859. The molecule has 0 saturated carbocycles. The minimum atomic E-state index is -3.44. The molecule has 21 heavy (non-hydrogen) atoms. The van der Waals surface area contributed by atoms with Crippen molar-refractivity contribution in [1.82, 2.24) is 9.29 Å². The summed E-state index contributed by atoms with van der Waals surface area (Å²) in [6, 6.07) is 6.44. The maximum atomic E-state index is 12.6. The Morgan fingerprint density at radius 1 is 1.29 bits per heavy atom. The van der Waals surface area contributed by atoms with Crippen LogP contribution in [0.4, 0.5) is 0 Å². The summed E-state index contributed by atoms with van der Waals surface area (Å²) in [5.74, 6) is 0.371. The molecule has 1 fully saturated rings. The number of piperidine rings is 1. The fourth-order valence-corrected chi connectivity index (χ4v) is 5.14. The van der Waals surface area contributed by atoms with Gasteiger partial charge in [-0.2, -0.15) is 4.31 Å². The Kier molecular flexibility index (Phi) is 4.31. The van der Waals surface area contributed by atoms with Gasteiger partial charge in [0.05, 0.1) is 9.90 Å². The van der Waals surface area contributed by atoms with Gasteiger partial charge in [-0.15, -0.1) is 11.3 Å². The second-order valence-electron chi connectivity index (χ2n) is 5.01. The fourth-order valence-electron chi connectivity index (χ4n) is 2.56. The van der Waals surface area contributed by atoms with Crippen LogP contribution in [-0.4, -0.2) is 30.8 Å². The van der Waals surface area contributed by atoms with Gasteiger partial charge in [0.25, 0.3) is 0 Å². The molecule has 0 N–H and O–H groups in total. The van der Waals surface area contributed by atoms with Crippen molar-refractivity contribution in [3.8, 4) is 0 Å². The van der Waals surface area contributed by atoms with Gasteiger partial charge < -0.3 is 0 Å². The zero-order valence-electron chi connectivity index (χ0n) is 11.3. The van der Waals surface area contributed by atoms with Gasteiger partial charge in [0.15, 0.2) is 0 Å². The molecule has 1 saturated heterocycles. The van der Waals surface area contributed by atoms with Gasteiger partial charge in [-0.1, -0.05) is 17.7 Å². The molecule has 3 rings (SSSR count). The second-order valence-corrected chi connectivity index (χ2v) is 8.31. The Labute approximate surface area is 133 Å². The average Bonchev–Trinajstić information content (AvgIpc) is 3.02. The molecule has 2 heterocycles. The molecule has 1 aromatic heterocycles. The van der Waals surface area contributed by atoms with E-state index in [0.717, 1.165) is 17.8 Å². The van der Waals surface area contributed by atoms with Crippen molar-refractivity contribution in [2.45, 2.75) is 23.7 Å². The highest BCUT2D eigenvalue weighted by Crippen LogP contribution is 2.31. The molecule has 7 heteroatoms. The number of thiazole rings is 1. The highest BCUT2D eigenvalue weighted by molar-refractivity contribution is 7.89. The number of halogens is 1. The van der Waals surface area contributed by atoms with Crippen LogP contribution in [0, 0.1) is 0 Å². The van der Waals surface area contributed by atoms with Crippen LogP contribution in [0.5, 0.6) is 0 Å². The highest BCUT2D eigenvalue weighted by Gasteiger charge is 2.30. The summed E-state index contributed by atoms with van der Waals surface area (Å²) in [5.41, 5.74) is 0. The first-order valence-electron chi connectivity index (χ1n) is 6.72. The molecular weight excluding hydrogens is 328 g/mol. The van der Waals surface area contributed by atoms with Gasteiger partial charge in [-0.05, 0) is 31.0 Å². The highest BCUT2D eigenvalue weighted by atomic mass is 35.5. The largest absolute Gasteiger partial charge is 0.249 e. The number of sulfonamides is 1. The van der Waals surface area contributed by atoms with E-state index >= 15 is 0 Å². The molecule has 1 aliphatic heterocycles. The zero-order chi connectivity index (χ0) is 14.9. The van der Waals surface area contributed by atoms with Crippen LogP contribution in [0.3, 0.4) is 0 Å². The smallest absolute Gasteiger partial charge is 0.243 e. The maximum Gasteiger partial charge on any atom is 0.243 e. The van der Waals surface area contributed by atoms with Gasteiger partial charge >= 0.3 is 0 Å². The van der Waals surface area contributed by atoms with E-state index in [0.29, 0.717) is 24.0 Å². The zero-order valence-corrected chi connectivity index (χ0v) is 13.7. The molecule has 0 aliphatic carbocycles. The third-order valence-corrected chi connectivity index (χ3v) is 6.76. The third-order valence-electron chi connectivity index (χ3n) is 3.69. The normalized spacial score (nSPS) is 18.0. The number of nitrogens with zero attached hydrogens (tertiary/aromatic N) is 2. The number of benzene rings is 1. The average molecular weight is 343 g/mol. The lowest BCUT2D eigenvalue weighted by Gasteiger charge is -2.30. The molecule has 0 radical (unpaired) electrons. The van der Waals surface area contributed by atoms with E-state index in [1.54, 1.807) is 40.0 Å². The number of hydrogen-bond acceptors (Lipinski definition) is 4. The van der Waals surface area contributed by atoms with Crippen molar-refractivity contribution >= 4 is 33.0 Å². The van der Waals surface area contributed by atoms with Gasteiger partial charge in [0, 0.05) is 35.6 Å². The monoisotopic (exact) mass is 342 g/mol. The summed E-state index contributed by atoms with van der Waals surface area (Å²) >= 11 is 7.53. The molecule has 112 valence electrons. The van der Waals surface area contributed by atoms with E-state index in [9.17, 15) is 8.42 Å². The standard InChI is InChI=1S/C14H15ClN2O2S2/c15-12-2-1-3-13(10-12)21(18,19)17-7-4-11(5-8-17)14-16-6-9-20-14/h1-3,6,9-11H,4-5,7-8H2. The van der Waals surface area contributed by atoms with Crippen LogP contribution in [0.15, 0.2) is 40.7 Å². The van der Waals surface area contributed by atoms with Crippen molar-refractivity contribution in [2.24, 2.45) is 0 Å². The first-order chi connectivity index (χ1) is 10.1. The molecule has 4 nitrogen and oxygen atoms in total. The van der Waals surface area contributed by atoms with Gasteiger partial charge in [-0.3, -0.25) is 0 Å². The van der Waals surface area contributed by atoms with Crippen molar-refractivity contribution in [3.05, 3.63) is 45.9 Å². The number of hydrogen-bond donors (Lipinski definition) is 0. The van der Waals surface area contributed by atoms with Crippen LogP contribution in [0.25, 0.3) is 0 Å². The molecule has 0 unspecified atom stereocenters. The lowest BCUT2D eigenvalue weighted by molar-refractivity contribution is 0.319. The topological polar surface area (TPSA) is 50.3 Å². The second kappa shape index (κ2) is 6.04.